The van der Waals surface area contributed by atoms with Gasteiger partial charge in [-0.3, -0.25) is 0 Å². The summed E-state index contributed by atoms with van der Waals surface area (Å²) in [6.07, 6.45) is 0. The highest BCUT2D eigenvalue weighted by molar-refractivity contribution is 7.80. The monoisotopic (exact) mass is 362 g/mol. The number of hydrogen-bond donors (Lipinski definition) is 2. The molecule has 0 aliphatic rings. The minimum Gasteiger partial charge on any atom is -0.497 e. The quantitative estimate of drug-likeness (QED) is 0.620. The summed E-state index contributed by atoms with van der Waals surface area (Å²) >= 11 is 5.56. The molecule has 0 aliphatic heterocycles. The van der Waals surface area contributed by atoms with Crippen LogP contribution in [-0.4, -0.2) is 12.2 Å². The van der Waals surface area contributed by atoms with Crippen molar-refractivity contribution in [3.63, 3.8) is 0 Å². The molecule has 0 spiro atoms. The minimum absolute atomic E-state index is 0.0492. The molecule has 0 aliphatic carbocycles. The first-order valence-electron chi connectivity index (χ1n) is 8.49. The van der Waals surface area contributed by atoms with Crippen LogP contribution >= 0.6 is 12.2 Å². The summed E-state index contributed by atoms with van der Waals surface area (Å²) in [4.78, 5) is 0. The molecule has 3 nitrogen and oxygen atoms in total. The van der Waals surface area contributed by atoms with Crippen LogP contribution in [0.3, 0.4) is 0 Å². The molecule has 0 saturated carbocycles. The summed E-state index contributed by atoms with van der Waals surface area (Å²) in [5, 5.41) is 7.29. The van der Waals surface area contributed by atoms with E-state index >= 15 is 0 Å². The summed E-state index contributed by atoms with van der Waals surface area (Å²) in [5.74, 6) is 0.834. The molecule has 0 fully saturated rings. The lowest BCUT2D eigenvalue weighted by molar-refractivity contribution is 0.414. The van der Waals surface area contributed by atoms with Crippen molar-refractivity contribution in [3.05, 3.63) is 95.6 Å². The molecule has 0 heterocycles. The maximum absolute atomic E-state index is 5.56. The molecule has 0 aromatic heterocycles. The van der Waals surface area contributed by atoms with Gasteiger partial charge in [-0.1, -0.05) is 54.6 Å². The topological polar surface area (TPSA) is 33.3 Å². The molecule has 1 atom stereocenters. The number of rotatable bonds is 5. The van der Waals surface area contributed by atoms with Gasteiger partial charge in [0.25, 0.3) is 0 Å². The number of benzene rings is 3. The Morgan fingerprint density at radius 3 is 2.23 bits per heavy atom. The van der Waals surface area contributed by atoms with Gasteiger partial charge in [0, 0.05) is 5.69 Å². The zero-order valence-electron chi connectivity index (χ0n) is 14.9. The lowest BCUT2D eigenvalue weighted by Gasteiger charge is -2.22. The number of methoxy groups -OCH3 is 1. The summed E-state index contributed by atoms with van der Waals surface area (Å²) < 4.78 is 5.27. The largest absolute Gasteiger partial charge is 0.497 e. The van der Waals surface area contributed by atoms with Crippen LogP contribution in [0.1, 0.15) is 22.7 Å². The second-order valence-electron chi connectivity index (χ2n) is 6.08. The molecule has 3 aromatic rings. The molecular weight excluding hydrogens is 340 g/mol. The van der Waals surface area contributed by atoms with Gasteiger partial charge in [0.15, 0.2) is 5.11 Å². The van der Waals surface area contributed by atoms with E-state index in [0.717, 1.165) is 22.6 Å². The molecule has 3 aromatic carbocycles. The van der Waals surface area contributed by atoms with E-state index in [4.69, 9.17) is 17.0 Å². The highest BCUT2D eigenvalue weighted by Crippen LogP contribution is 2.24. The van der Waals surface area contributed by atoms with Crippen molar-refractivity contribution >= 4 is 23.0 Å². The van der Waals surface area contributed by atoms with Crippen LogP contribution in [0, 0.1) is 6.92 Å². The predicted molar refractivity (Wildman–Crippen MR) is 112 cm³/mol. The molecule has 2 N–H and O–H groups in total. The molecule has 26 heavy (non-hydrogen) atoms. The Bertz CT molecular complexity index is 863. The second kappa shape index (κ2) is 8.50. The summed E-state index contributed by atoms with van der Waals surface area (Å²) in [6, 6.07) is 26.4. The van der Waals surface area contributed by atoms with Crippen molar-refractivity contribution in [2.45, 2.75) is 13.0 Å². The zero-order chi connectivity index (χ0) is 18.4. The molecule has 0 radical (unpaired) electrons. The van der Waals surface area contributed by atoms with Crippen LogP contribution in [-0.2, 0) is 0 Å². The van der Waals surface area contributed by atoms with Crippen molar-refractivity contribution in [2.24, 2.45) is 0 Å². The average molecular weight is 362 g/mol. The van der Waals surface area contributed by atoms with E-state index in [1.165, 1.54) is 5.56 Å². The lowest BCUT2D eigenvalue weighted by Crippen LogP contribution is -2.33. The van der Waals surface area contributed by atoms with Crippen LogP contribution in [0.15, 0.2) is 78.9 Å². The van der Waals surface area contributed by atoms with Crippen molar-refractivity contribution in [2.75, 3.05) is 12.4 Å². The minimum atomic E-state index is -0.0492. The molecule has 4 heteroatoms. The SMILES string of the molecule is COc1ccc([C@H](NC(=S)Nc2cccc(C)c2)c2ccccc2)cc1. The van der Waals surface area contributed by atoms with E-state index < -0.39 is 0 Å². The molecule has 0 amide bonds. The summed E-state index contributed by atoms with van der Waals surface area (Å²) in [6.45, 7) is 2.06. The summed E-state index contributed by atoms with van der Waals surface area (Å²) in [7, 11) is 1.67. The molecule has 0 bridgehead atoms. The van der Waals surface area contributed by atoms with Crippen LogP contribution in [0.2, 0.25) is 0 Å². The number of hydrogen-bond acceptors (Lipinski definition) is 2. The van der Waals surface area contributed by atoms with Crippen LogP contribution in [0.5, 0.6) is 5.75 Å². The van der Waals surface area contributed by atoms with Gasteiger partial charge in [0.05, 0.1) is 13.2 Å². The number of nitrogens with one attached hydrogen (secondary N) is 2. The third kappa shape index (κ3) is 4.61. The van der Waals surface area contributed by atoms with Gasteiger partial charge in [0.1, 0.15) is 5.75 Å². The van der Waals surface area contributed by atoms with Gasteiger partial charge in [0.2, 0.25) is 0 Å². The van der Waals surface area contributed by atoms with Gasteiger partial charge >= 0.3 is 0 Å². The Labute approximate surface area is 160 Å². The fraction of sp³-hybridized carbons (Fsp3) is 0.136. The predicted octanol–water partition coefficient (Wildman–Crippen LogP) is 5.08. The van der Waals surface area contributed by atoms with Crippen LogP contribution < -0.4 is 15.4 Å². The molecule has 132 valence electrons. The maximum atomic E-state index is 5.56. The first-order valence-corrected chi connectivity index (χ1v) is 8.89. The Hall–Kier alpha value is -2.85. The van der Waals surface area contributed by atoms with Gasteiger partial charge in [-0.25, -0.2) is 0 Å². The van der Waals surface area contributed by atoms with E-state index in [-0.39, 0.29) is 6.04 Å². The maximum Gasteiger partial charge on any atom is 0.171 e. The van der Waals surface area contributed by atoms with Gasteiger partial charge in [-0.2, -0.15) is 0 Å². The highest BCUT2D eigenvalue weighted by atomic mass is 32.1. The highest BCUT2D eigenvalue weighted by Gasteiger charge is 2.15. The molecular formula is C22H22N2OS. The lowest BCUT2D eigenvalue weighted by atomic mass is 9.99. The van der Waals surface area contributed by atoms with E-state index in [1.54, 1.807) is 7.11 Å². The first kappa shape index (κ1) is 18.0. The Kier molecular flexibility index (Phi) is 5.87. The first-order chi connectivity index (χ1) is 12.7. The van der Waals surface area contributed by atoms with E-state index in [9.17, 15) is 0 Å². The van der Waals surface area contributed by atoms with Crippen molar-refractivity contribution in [1.82, 2.24) is 5.32 Å². The van der Waals surface area contributed by atoms with Crippen molar-refractivity contribution in [3.8, 4) is 5.75 Å². The van der Waals surface area contributed by atoms with Crippen molar-refractivity contribution < 1.29 is 4.74 Å². The normalized spacial score (nSPS) is 11.5. The average Bonchev–Trinajstić information content (AvgIpc) is 2.67. The Balaban J connectivity index is 1.82. The fourth-order valence-electron chi connectivity index (χ4n) is 2.82. The van der Waals surface area contributed by atoms with E-state index in [1.807, 2.05) is 42.5 Å². The van der Waals surface area contributed by atoms with Gasteiger partial charge in [-0.15, -0.1) is 0 Å². The zero-order valence-corrected chi connectivity index (χ0v) is 15.7. The number of anilines is 1. The third-order valence-electron chi connectivity index (χ3n) is 4.13. The summed E-state index contributed by atoms with van der Waals surface area (Å²) in [5.41, 5.74) is 4.42. The second-order valence-corrected chi connectivity index (χ2v) is 6.49. The van der Waals surface area contributed by atoms with E-state index in [0.29, 0.717) is 5.11 Å². The Morgan fingerprint density at radius 2 is 1.58 bits per heavy atom. The van der Waals surface area contributed by atoms with Crippen LogP contribution in [0.25, 0.3) is 0 Å². The third-order valence-corrected chi connectivity index (χ3v) is 4.35. The van der Waals surface area contributed by atoms with Gasteiger partial charge in [-0.05, 0) is 60.1 Å². The molecule has 0 saturated heterocycles. The number of thiocarbonyl (C=S) groups is 1. The number of aryl methyl sites for hydroxylation is 1. The molecule has 3 rings (SSSR count). The smallest absolute Gasteiger partial charge is 0.171 e. The van der Waals surface area contributed by atoms with Gasteiger partial charge < -0.3 is 15.4 Å². The number of ether oxygens (including phenoxy) is 1. The molecule has 0 unspecified atom stereocenters. The fourth-order valence-corrected chi connectivity index (χ4v) is 3.06. The Morgan fingerprint density at radius 1 is 0.885 bits per heavy atom. The standard InChI is InChI=1S/C22H22N2OS/c1-16-7-6-10-19(15-16)23-22(26)24-21(17-8-4-3-5-9-17)18-11-13-20(25-2)14-12-18/h3-15,21H,1-2H3,(H2,23,24,26)/t21-/m1/s1. The van der Waals surface area contributed by atoms with E-state index in [2.05, 4.69) is 54.0 Å². The van der Waals surface area contributed by atoms with Crippen LogP contribution in [0.4, 0.5) is 5.69 Å². The van der Waals surface area contributed by atoms with Crippen molar-refractivity contribution in [1.29, 1.82) is 0 Å².